The number of hydrogen-bond acceptors (Lipinski definition) is 1. The Bertz CT molecular complexity index is 2870. The van der Waals surface area contributed by atoms with Crippen molar-refractivity contribution in [2.24, 2.45) is 7.05 Å². The van der Waals surface area contributed by atoms with Crippen molar-refractivity contribution in [1.29, 1.82) is 0 Å². The Morgan fingerprint density at radius 3 is 1.98 bits per heavy atom. The molecule has 0 amide bonds. The van der Waals surface area contributed by atoms with Gasteiger partial charge in [-0.3, -0.25) is 0 Å². The molecule has 0 fully saturated rings. The van der Waals surface area contributed by atoms with Crippen LogP contribution in [-0.4, -0.2) is 9.13 Å². The van der Waals surface area contributed by atoms with E-state index in [1.165, 1.54) is 78.3 Å². The van der Waals surface area contributed by atoms with Gasteiger partial charge in [-0.15, -0.1) is 0 Å². The van der Waals surface area contributed by atoms with Gasteiger partial charge in [0.1, 0.15) is 53.4 Å². The number of imidazole rings is 2. The van der Waals surface area contributed by atoms with E-state index in [4.69, 9.17) is 4.42 Å². The Morgan fingerprint density at radius 2 is 1.28 bits per heavy atom. The Balaban J connectivity index is 1.14. The molecule has 5 heteroatoms. The molecule has 1 aliphatic rings. The molecule has 0 saturated heterocycles. The second-order valence-electron chi connectivity index (χ2n) is 18.2. The SMILES string of the molecule is C=CC1C(CCc2ccccc2-c2n(-c3c(C(C)C)cc4c(oc5ccccc54)c3C(C)C)cc[n+]2C)c2ccccc2-c2n(-c3c(C(C)C)cccc3C(C)C)cc[n+]21. The molecule has 0 aliphatic carbocycles. The molecule has 0 saturated carbocycles. The summed E-state index contributed by atoms with van der Waals surface area (Å²) in [5.41, 5.74) is 15.1. The van der Waals surface area contributed by atoms with Crippen LogP contribution in [-0.2, 0) is 13.5 Å². The average molecular weight is 793 g/mol. The van der Waals surface area contributed by atoms with Gasteiger partial charge in [-0.25, -0.2) is 9.13 Å². The smallest absolute Gasteiger partial charge is 0.294 e. The van der Waals surface area contributed by atoms with E-state index in [0.717, 1.165) is 24.0 Å². The van der Waals surface area contributed by atoms with Crippen LogP contribution < -0.4 is 9.13 Å². The van der Waals surface area contributed by atoms with Crippen molar-refractivity contribution in [3.63, 3.8) is 0 Å². The third kappa shape index (κ3) is 6.36. The second kappa shape index (κ2) is 15.6. The predicted molar refractivity (Wildman–Crippen MR) is 248 cm³/mol. The van der Waals surface area contributed by atoms with Gasteiger partial charge in [-0.05, 0) is 78.0 Å². The fourth-order valence-corrected chi connectivity index (χ4v) is 10.3. The maximum Gasteiger partial charge on any atom is 0.294 e. The van der Waals surface area contributed by atoms with Gasteiger partial charge in [0.2, 0.25) is 0 Å². The number of rotatable bonds is 11. The van der Waals surface area contributed by atoms with E-state index < -0.39 is 0 Å². The van der Waals surface area contributed by atoms with Crippen LogP contribution >= 0.6 is 0 Å². The van der Waals surface area contributed by atoms with Crippen LogP contribution in [0.2, 0.25) is 0 Å². The zero-order valence-electron chi connectivity index (χ0n) is 36.9. The molecule has 3 aromatic heterocycles. The zero-order chi connectivity index (χ0) is 42.0. The summed E-state index contributed by atoms with van der Waals surface area (Å²) in [6.07, 6.45) is 13.1. The molecular weight excluding hydrogens is 733 g/mol. The van der Waals surface area contributed by atoms with Crippen molar-refractivity contribution in [3.8, 4) is 34.2 Å². The number of para-hydroxylation sites is 2. The molecule has 9 rings (SSSR count). The summed E-state index contributed by atoms with van der Waals surface area (Å²) in [5.74, 6) is 4.00. The van der Waals surface area contributed by atoms with Gasteiger partial charge in [0, 0.05) is 38.9 Å². The number of furan rings is 1. The molecule has 304 valence electrons. The van der Waals surface area contributed by atoms with Crippen molar-refractivity contribution in [1.82, 2.24) is 9.13 Å². The lowest BCUT2D eigenvalue weighted by Crippen LogP contribution is -2.45. The van der Waals surface area contributed by atoms with Gasteiger partial charge >= 0.3 is 0 Å². The predicted octanol–water partition coefficient (Wildman–Crippen LogP) is 13.6. The summed E-state index contributed by atoms with van der Waals surface area (Å²) in [5, 5.41) is 2.38. The summed E-state index contributed by atoms with van der Waals surface area (Å²) < 4.78 is 16.4. The Morgan fingerprint density at radius 1 is 0.650 bits per heavy atom. The maximum atomic E-state index is 6.73. The van der Waals surface area contributed by atoms with Crippen LogP contribution in [0.1, 0.15) is 131 Å². The normalized spacial score (nSPS) is 15.2. The molecule has 0 spiro atoms. The van der Waals surface area contributed by atoms with Crippen LogP contribution in [0.15, 0.2) is 139 Å². The first-order valence-corrected chi connectivity index (χ1v) is 22.1. The summed E-state index contributed by atoms with van der Waals surface area (Å²) in [6, 6.07) is 36.0. The molecule has 0 radical (unpaired) electrons. The van der Waals surface area contributed by atoms with E-state index >= 15 is 0 Å². The molecule has 2 atom stereocenters. The van der Waals surface area contributed by atoms with E-state index in [9.17, 15) is 0 Å². The summed E-state index contributed by atoms with van der Waals surface area (Å²) in [4.78, 5) is 0. The van der Waals surface area contributed by atoms with Crippen LogP contribution in [0.25, 0.3) is 56.1 Å². The number of benzene rings is 5. The fraction of sp³-hybridized carbons (Fsp3) is 0.309. The Hall–Kier alpha value is -5.94. The van der Waals surface area contributed by atoms with Gasteiger partial charge in [-0.1, -0.05) is 135 Å². The fourth-order valence-electron chi connectivity index (χ4n) is 10.3. The summed E-state index contributed by atoms with van der Waals surface area (Å²) in [6.45, 7) is 23.0. The van der Waals surface area contributed by atoms with Gasteiger partial charge in [-0.2, -0.15) is 9.13 Å². The highest BCUT2D eigenvalue weighted by molar-refractivity contribution is 6.07. The van der Waals surface area contributed by atoms with Crippen molar-refractivity contribution >= 4 is 21.9 Å². The number of aryl methyl sites for hydroxylation is 2. The quantitative estimate of drug-likeness (QED) is 0.0948. The first-order valence-electron chi connectivity index (χ1n) is 22.1. The standard InChI is InChI=1S/C55H60N4O/c1-11-48-43(42-21-14-15-23-45(42)55-57(48)31-32-58(55)51-39(34(2)3)24-18-25-40(51)35(4)5)28-27-38-19-12-13-20-41(38)54-56(10)29-30-59(54)52-46(36(6)7)33-47-44-22-16-17-26-49(44)60-53(47)50(52)37(8)9/h11-26,29-37,43,48H,1,27-28H2,2-10H3/q+2. The lowest BCUT2D eigenvalue weighted by atomic mass is 9.80. The molecule has 4 heterocycles. The number of allylic oxidation sites excluding steroid dienone is 1. The minimum atomic E-state index is 0.106. The number of nitrogens with zero attached hydrogens (tertiary/aromatic N) is 4. The molecule has 0 bridgehead atoms. The number of aromatic nitrogens is 4. The highest BCUT2D eigenvalue weighted by Crippen LogP contribution is 2.45. The lowest BCUT2D eigenvalue weighted by Gasteiger charge is -2.30. The lowest BCUT2D eigenvalue weighted by molar-refractivity contribution is -0.706. The minimum Gasteiger partial charge on any atom is -0.456 e. The van der Waals surface area contributed by atoms with Gasteiger partial charge in [0.25, 0.3) is 11.6 Å². The second-order valence-corrected chi connectivity index (χ2v) is 18.2. The van der Waals surface area contributed by atoms with E-state index in [1.54, 1.807) is 0 Å². The minimum absolute atomic E-state index is 0.106. The van der Waals surface area contributed by atoms with Crippen molar-refractivity contribution in [3.05, 3.63) is 168 Å². The highest BCUT2D eigenvalue weighted by atomic mass is 16.3. The number of hydrogen-bond donors (Lipinski definition) is 0. The molecular formula is C55H60N4O+2. The molecule has 5 aromatic carbocycles. The highest BCUT2D eigenvalue weighted by Gasteiger charge is 2.40. The molecule has 8 aromatic rings. The zero-order valence-corrected chi connectivity index (χ0v) is 36.9. The van der Waals surface area contributed by atoms with Crippen LogP contribution in [0, 0.1) is 0 Å². The van der Waals surface area contributed by atoms with Crippen molar-refractivity contribution in [2.45, 2.75) is 104 Å². The third-order valence-electron chi connectivity index (χ3n) is 13.1. The van der Waals surface area contributed by atoms with E-state index in [2.05, 4.69) is 215 Å². The molecule has 5 nitrogen and oxygen atoms in total. The molecule has 0 N–H and O–H groups in total. The Kier molecular flexibility index (Phi) is 10.3. The topological polar surface area (TPSA) is 30.8 Å². The van der Waals surface area contributed by atoms with E-state index in [0.29, 0.717) is 17.8 Å². The monoisotopic (exact) mass is 792 g/mol. The summed E-state index contributed by atoms with van der Waals surface area (Å²) in [7, 11) is 2.18. The van der Waals surface area contributed by atoms with E-state index in [1.807, 2.05) is 0 Å². The van der Waals surface area contributed by atoms with Gasteiger partial charge in [0.05, 0.1) is 18.2 Å². The van der Waals surface area contributed by atoms with Crippen LogP contribution in [0.3, 0.4) is 0 Å². The Labute approximate surface area is 356 Å². The molecule has 2 unspecified atom stereocenters. The largest absolute Gasteiger partial charge is 0.456 e. The molecule has 1 aliphatic heterocycles. The maximum absolute atomic E-state index is 6.73. The van der Waals surface area contributed by atoms with Crippen molar-refractivity contribution < 1.29 is 13.6 Å². The first kappa shape index (κ1) is 39.5. The number of fused-ring (bicyclic) bond motifs is 6. The van der Waals surface area contributed by atoms with Gasteiger partial charge < -0.3 is 4.42 Å². The summed E-state index contributed by atoms with van der Waals surface area (Å²) >= 11 is 0. The van der Waals surface area contributed by atoms with Gasteiger partial charge in [0.15, 0.2) is 0 Å². The third-order valence-corrected chi connectivity index (χ3v) is 13.1. The van der Waals surface area contributed by atoms with Crippen LogP contribution in [0.4, 0.5) is 0 Å². The van der Waals surface area contributed by atoms with Crippen LogP contribution in [0.5, 0.6) is 0 Å². The first-order chi connectivity index (χ1) is 29.0. The van der Waals surface area contributed by atoms with E-state index in [-0.39, 0.29) is 17.9 Å². The van der Waals surface area contributed by atoms with Crippen molar-refractivity contribution in [2.75, 3.05) is 0 Å². The molecule has 60 heavy (non-hydrogen) atoms. The average Bonchev–Trinajstić information content (AvgIpc) is 3.96.